The fourth-order valence-electron chi connectivity index (χ4n) is 1.37. The molecule has 0 fully saturated rings. The van der Waals surface area contributed by atoms with Gasteiger partial charge in [-0.05, 0) is 13.0 Å². The molecule has 0 aliphatic heterocycles. The molecule has 0 aliphatic rings. The van der Waals surface area contributed by atoms with E-state index in [9.17, 15) is 31.1 Å². The lowest BCUT2D eigenvalue weighted by atomic mass is 10.2. The van der Waals surface area contributed by atoms with E-state index in [1.807, 2.05) is 0 Å². The Bertz CT molecular complexity index is 555. The van der Waals surface area contributed by atoms with Crippen molar-refractivity contribution in [2.75, 3.05) is 13.7 Å². The Morgan fingerprint density at radius 2 is 1.82 bits per heavy atom. The molecule has 0 radical (unpaired) electrons. The second-order valence-electron chi connectivity index (χ2n) is 3.66. The quantitative estimate of drug-likeness (QED) is 0.626. The summed E-state index contributed by atoms with van der Waals surface area (Å²) in [6, 6.07) is 0.0988. The van der Waals surface area contributed by atoms with Crippen LogP contribution in [-0.2, 0) is 10.9 Å². The molecule has 1 aromatic rings. The molecule has 1 heterocycles. The van der Waals surface area contributed by atoms with Crippen molar-refractivity contribution in [3.8, 4) is 11.6 Å². The molecule has 0 spiro atoms. The van der Waals surface area contributed by atoms with E-state index in [2.05, 4.69) is 19.2 Å². The van der Waals surface area contributed by atoms with Crippen LogP contribution in [0.5, 0.6) is 11.6 Å². The van der Waals surface area contributed by atoms with Gasteiger partial charge in [-0.25, -0.2) is 9.78 Å². The summed E-state index contributed by atoms with van der Waals surface area (Å²) in [6.07, 6.45) is -10.3. The van der Waals surface area contributed by atoms with Crippen LogP contribution in [0, 0.1) is 0 Å². The molecule has 22 heavy (non-hydrogen) atoms. The second-order valence-corrected chi connectivity index (χ2v) is 3.66. The van der Waals surface area contributed by atoms with Crippen molar-refractivity contribution in [2.45, 2.75) is 19.5 Å². The highest BCUT2D eigenvalue weighted by Crippen LogP contribution is 2.39. The van der Waals surface area contributed by atoms with Gasteiger partial charge >= 0.3 is 18.5 Å². The van der Waals surface area contributed by atoms with Gasteiger partial charge in [-0.2, -0.15) is 13.2 Å². The number of rotatable bonds is 4. The number of esters is 1. The van der Waals surface area contributed by atoms with Crippen LogP contribution in [0.3, 0.4) is 0 Å². The van der Waals surface area contributed by atoms with Crippen LogP contribution in [0.15, 0.2) is 6.07 Å². The Labute approximate surface area is 119 Å². The molecule has 0 atom stereocenters. The second kappa shape index (κ2) is 6.28. The van der Waals surface area contributed by atoms with Crippen LogP contribution in [0.4, 0.5) is 26.3 Å². The molecule has 5 nitrogen and oxygen atoms in total. The summed E-state index contributed by atoms with van der Waals surface area (Å²) in [5.41, 5.74) is -2.72. The Morgan fingerprint density at radius 1 is 1.23 bits per heavy atom. The van der Waals surface area contributed by atoms with E-state index in [1.54, 1.807) is 0 Å². The Kier molecular flexibility index (Phi) is 5.09. The van der Waals surface area contributed by atoms with Gasteiger partial charge in [0, 0.05) is 0 Å². The van der Waals surface area contributed by atoms with Crippen molar-refractivity contribution in [3.05, 3.63) is 17.3 Å². The first-order valence-electron chi connectivity index (χ1n) is 5.58. The molecule has 0 unspecified atom stereocenters. The van der Waals surface area contributed by atoms with E-state index in [0.717, 1.165) is 7.11 Å². The number of carbonyl (C=O) groups excluding carboxylic acids is 1. The van der Waals surface area contributed by atoms with Crippen molar-refractivity contribution >= 4 is 5.97 Å². The summed E-state index contributed by atoms with van der Waals surface area (Å²) in [7, 11) is 0.778. The number of carbonyl (C=O) groups is 1. The average Bonchev–Trinajstić information content (AvgIpc) is 2.35. The smallest absolute Gasteiger partial charge is 0.478 e. The molecule has 0 aliphatic carbocycles. The standard InChI is InChI=1S/C11H9F6NO4/c1-3-21-9(19)5-4-6(10(12,13)14)18-8(20-2)7(5)22-11(15,16)17/h4H,3H2,1-2H3. The number of methoxy groups -OCH3 is 1. The maximum absolute atomic E-state index is 12.7. The molecular weight excluding hydrogens is 324 g/mol. The van der Waals surface area contributed by atoms with Crippen molar-refractivity contribution < 1.29 is 45.3 Å². The number of hydrogen-bond acceptors (Lipinski definition) is 5. The molecule has 1 rings (SSSR count). The minimum Gasteiger partial charge on any atom is -0.478 e. The third-order valence-electron chi connectivity index (χ3n) is 2.14. The summed E-state index contributed by atoms with van der Waals surface area (Å²) < 4.78 is 87.3. The summed E-state index contributed by atoms with van der Waals surface area (Å²) >= 11 is 0. The Hall–Kier alpha value is -2.20. The summed E-state index contributed by atoms with van der Waals surface area (Å²) in [6.45, 7) is 1.06. The number of nitrogens with zero attached hydrogens (tertiary/aromatic N) is 1. The third-order valence-corrected chi connectivity index (χ3v) is 2.14. The number of aromatic nitrogens is 1. The van der Waals surface area contributed by atoms with Gasteiger partial charge in [-0.3, -0.25) is 0 Å². The van der Waals surface area contributed by atoms with Crippen LogP contribution in [0.25, 0.3) is 0 Å². The van der Waals surface area contributed by atoms with E-state index >= 15 is 0 Å². The molecule has 0 saturated carbocycles. The van der Waals surface area contributed by atoms with E-state index in [1.165, 1.54) is 6.92 Å². The van der Waals surface area contributed by atoms with Gasteiger partial charge in [-0.15, -0.1) is 13.2 Å². The van der Waals surface area contributed by atoms with Crippen LogP contribution in [0.1, 0.15) is 23.0 Å². The van der Waals surface area contributed by atoms with Gasteiger partial charge in [0.2, 0.25) is 5.75 Å². The number of pyridine rings is 1. The molecule has 0 aromatic carbocycles. The molecule has 0 amide bonds. The highest BCUT2D eigenvalue weighted by Gasteiger charge is 2.40. The van der Waals surface area contributed by atoms with Crippen LogP contribution < -0.4 is 9.47 Å². The fourth-order valence-corrected chi connectivity index (χ4v) is 1.37. The predicted molar refractivity (Wildman–Crippen MR) is 58.4 cm³/mol. The zero-order valence-corrected chi connectivity index (χ0v) is 11.1. The first-order chi connectivity index (χ1) is 9.99. The highest BCUT2D eigenvalue weighted by molar-refractivity contribution is 5.93. The van der Waals surface area contributed by atoms with Gasteiger partial charge in [0.15, 0.2) is 0 Å². The normalized spacial score (nSPS) is 12.0. The van der Waals surface area contributed by atoms with E-state index in [4.69, 9.17) is 0 Å². The number of halogens is 6. The lowest BCUT2D eigenvalue weighted by Gasteiger charge is -2.17. The minimum atomic E-state index is -5.27. The zero-order chi connectivity index (χ0) is 17.1. The maximum atomic E-state index is 12.7. The van der Waals surface area contributed by atoms with Crippen molar-refractivity contribution in [2.24, 2.45) is 0 Å². The monoisotopic (exact) mass is 333 g/mol. The topological polar surface area (TPSA) is 57.7 Å². The van der Waals surface area contributed by atoms with Crippen LogP contribution in [0.2, 0.25) is 0 Å². The number of hydrogen-bond donors (Lipinski definition) is 0. The molecule has 0 saturated heterocycles. The van der Waals surface area contributed by atoms with Crippen molar-refractivity contribution in [3.63, 3.8) is 0 Å². The van der Waals surface area contributed by atoms with Crippen LogP contribution in [-0.4, -0.2) is 31.0 Å². The lowest BCUT2D eigenvalue weighted by Crippen LogP contribution is -2.22. The summed E-state index contributed by atoms with van der Waals surface area (Å²) in [4.78, 5) is 14.4. The van der Waals surface area contributed by atoms with Crippen molar-refractivity contribution in [1.82, 2.24) is 4.98 Å². The van der Waals surface area contributed by atoms with Crippen LogP contribution >= 0.6 is 0 Å². The predicted octanol–water partition coefficient (Wildman–Crippen LogP) is 3.18. The number of ether oxygens (including phenoxy) is 3. The Balaban J connectivity index is 3.54. The van der Waals surface area contributed by atoms with Gasteiger partial charge in [0.05, 0.1) is 13.7 Å². The highest BCUT2D eigenvalue weighted by atomic mass is 19.4. The van der Waals surface area contributed by atoms with Gasteiger partial charge in [0.1, 0.15) is 11.3 Å². The largest absolute Gasteiger partial charge is 0.573 e. The maximum Gasteiger partial charge on any atom is 0.573 e. The number of alkyl halides is 6. The van der Waals surface area contributed by atoms with Gasteiger partial charge in [0.25, 0.3) is 5.88 Å². The summed E-state index contributed by atoms with van der Waals surface area (Å²) in [5.74, 6) is -3.88. The molecular formula is C11H9F6NO4. The van der Waals surface area contributed by atoms with Gasteiger partial charge in [-0.1, -0.05) is 0 Å². The van der Waals surface area contributed by atoms with Crippen molar-refractivity contribution in [1.29, 1.82) is 0 Å². The lowest BCUT2D eigenvalue weighted by molar-refractivity contribution is -0.275. The first-order valence-corrected chi connectivity index (χ1v) is 5.58. The van der Waals surface area contributed by atoms with E-state index in [0.29, 0.717) is 0 Å². The Morgan fingerprint density at radius 3 is 2.23 bits per heavy atom. The molecule has 0 bridgehead atoms. The SMILES string of the molecule is CCOC(=O)c1cc(C(F)(F)F)nc(OC)c1OC(F)(F)F. The fraction of sp³-hybridized carbons (Fsp3) is 0.455. The average molecular weight is 333 g/mol. The van der Waals surface area contributed by atoms with E-state index < -0.39 is 41.4 Å². The molecule has 0 N–H and O–H groups in total. The van der Waals surface area contributed by atoms with Gasteiger partial charge < -0.3 is 14.2 Å². The third kappa shape index (κ3) is 4.40. The minimum absolute atomic E-state index is 0.0988. The summed E-state index contributed by atoms with van der Waals surface area (Å²) in [5, 5.41) is 0. The molecule has 124 valence electrons. The molecule has 11 heteroatoms. The molecule has 1 aromatic heterocycles. The first kappa shape index (κ1) is 17.9. The van der Waals surface area contributed by atoms with E-state index in [-0.39, 0.29) is 12.7 Å². The zero-order valence-electron chi connectivity index (χ0n) is 11.1.